The Kier molecular flexibility index (Phi) is 3.79. The van der Waals surface area contributed by atoms with Crippen LogP contribution in [0, 0.1) is 20.8 Å². The maximum absolute atomic E-state index is 6.43. The van der Waals surface area contributed by atoms with Gasteiger partial charge in [0.2, 0.25) is 0 Å². The van der Waals surface area contributed by atoms with E-state index >= 15 is 0 Å². The standard InChI is InChI=1S/C18H25NO/c1-11-12(2)20-13(3)16(11)17(19)14-7-9-15(10-8-14)18(4,5)6/h7-10,17H,19H2,1-6H3. The number of hydrogen-bond donors (Lipinski definition) is 1. The Morgan fingerprint density at radius 1 is 0.950 bits per heavy atom. The van der Waals surface area contributed by atoms with Gasteiger partial charge in [-0.3, -0.25) is 0 Å². The third kappa shape index (κ3) is 2.66. The van der Waals surface area contributed by atoms with Crippen LogP contribution in [0.3, 0.4) is 0 Å². The number of benzene rings is 1. The summed E-state index contributed by atoms with van der Waals surface area (Å²) in [5.74, 6) is 1.88. The maximum atomic E-state index is 6.43. The second kappa shape index (κ2) is 5.10. The van der Waals surface area contributed by atoms with E-state index in [0.29, 0.717) is 0 Å². The van der Waals surface area contributed by atoms with Gasteiger partial charge in [-0.25, -0.2) is 0 Å². The molecule has 20 heavy (non-hydrogen) atoms. The SMILES string of the molecule is Cc1oc(C)c(C(N)c2ccc(C(C)(C)C)cc2)c1C. The number of hydrogen-bond acceptors (Lipinski definition) is 2. The Labute approximate surface area is 122 Å². The largest absolute Gasteiger partial charge is 0.466 e. The maximum Gasteiger partial charge on any atom is 0.106 e. The first-order valence-corrected chi connectivity index (χ1v) is 7.14. The molecule has 0 fully saturated rings. The molecule has 0 aliphatic heterocycles. The molecular weight excluding hydrogens is 246 g/mol. The highest BCUT2D eigenvalue weighted by Gasteiger charge is 2.20. The Morgan fingerprint density at radius 3 is 1.90 bits per heavy atom. The molecule has 0 saturated heterocycles. The lowest BCUT2D eigenvalue weighted by Crippen LogP contribution is -2.15. The molecule has 1 heterocycles. The van der Waals surface area contributed by atoms with Gasteiger partial charge < -0.3 is 10.2 Å². The fourth-order valence-corrected chi connectivity index (χ4v) is 2.62. The highest BCUT2D eigenvalue weighted by molar-refractivity contribution is 5.41. The van der Waals surface area contributed by atoms with E-state index in [2.05, 4.69) is 52.0 Å². The van der Waals surface area contributed by atoms with Crippen LogP contribution >= 0.6 is 0 Å². The van der Waals surface area contributed by atoms with Crippen molar-refractivity contribution < 1.29 is 4.42 Å². The topological polar surface area (TPSA) is 39.2 Å². The normalized spacial score (nSPS) is 13.6. The van der Waals surface area contributed by atoms with Gasteiger partial charge >= 0.3 is 0 Å². The zero-order valence-electron chi connectivity index (χ0n) is 13.4. The summed E-state index contributed by atoms with van der Waals surface area (Å²) in [4.78, 5) is 0. The number of furan rings is 1. The molecule has 0 aliphatic rings. The highest BCUT2D eigenvalue weighted by atomic mass is 16.3. The van der Waals surface area contributed by atoms with Crippen LogP contribution in [0.5, 0.6) is 0 Å². The molecular formula is C18H25NO. The average Bonchev–Trinajstić information content (AvgIpc) is 2.62. The summed E-state index contributed by atoms with van der Waals surface area (Å²) in [7, 11) is 0. The average molecular weight is 271 g/mol. The molecule has 0 amide bonds. The van der Waals surface area contributed by atoms with Crippen molar-refractivity contribution in [2.45, 2.75) is 53.0 Å². The van der Waals surface area contributed by atoms with Crippen LogP contribution in [-0.2, 0) is 5.41 Å². The van der Waals surface area contributed by atoms with Gasteiger partial charge in [0.25, 0.3) is 0 Å². The van der Waals surface area contributed by atoms with Gasteiger partial charge in [-0.05, 0) is 42.9 Å². The van der Waals surface area contributed by atoms with Crippen LogP contribution in [0.15, 0.2) is 28.7 Å². The van der Waals surface area contributed by atoms with Crippen LogP contribution in [0.25, 0.3) is 0 Å². The van der Waals surface area contributed by atoms with Gasteiger partial charge in [0.05, 0.1) is 6.04 Å². The molecule has 0 aliphatic carbocycles. The fraction of sp³-hybridized carbons (Fsp3) is 0.444. The van der Waals surface area contributed by atoms with Crippen molar-refractivity contribution in [2.24, 2.45) is 5.73 Å². The zero-order valence-corrected chi connectivity index (χ0v) is 13.4. The lowest BCUT2D eigenvalue weighted by Gasteiger charge is -2.20. The van der Waals surface area contributed by atoms with E-state index < -0.39 is 0 Å². The quantitative estimate of drug-likeness (QED) is 0.870. The van der Waals surface area contributed by atoms with E-state index in [-0.39, 0.29) is 11.5 Å². The van der Waals surface area contributed by atoms with Crippen LogP contribution < -0.4 is 5.73 Å². The van der Waals surface area contributed by atoms with Crippen molar-refractivity contribution >= 4 is 0 Å². The number of aryl methyl sites for hydroxylation is 2. The van der Waals surface area contributed by atoms with Crippen molar-refractivity contribution in [1.82, 2.24) is 0 Å². The molecule has 2 nitrogen and oxygen atoms in total. The minimum absolute atomic E-state index is 0.124. The minimum Gasteiger partial charge on any atom is -0.466 e. The molecule has 0 radical (unpaired) electrons. The van der Waals surface area contributed by atoms with Crippen LogP contribution in [0.2, 0.25) is 0 Å². The predicted molar refractivity (Wildman–Crippen MR) is 84.1 cm³/mol. The second-order valence-corrected chi connectivity index (χ2v) is 6.60. The lowest BCUT2D eigenvalue weighted by atomic mass is 9.85. The van der Waals surface area contributed by atoms with E-state index in [0.717, 1.165) is 28.2 Å². The van der Waals surface area contributed by atoms with Crippen LogP contribution in [-0.4, -0.2) is 0 Å². The number of nitrogens with two attached hydrogens (primary N) is 1. The summed E-state index contributed by atoms with van der Waals surface area (Å²) >= 11 is 0. The van der Waals surface area contributed by atoms with Crippen molar-refractivity contribution in [3.8, 4) is 0 Å². The van der Waals surface area contributed by atoms with Crippen LogP contribution in [0.1, 0.15) is 60.6 Å². The summed E-state index contributed by atoms with van der Waals surface area (Å²) in [5.41, 5.74) is 11.3. The molecule has 2 N–H and O–H groups in total. The van der Waals surface area contributed by atoms with Crippen LogP contribution in [0.4, 0.5) is 0 Å². The molecule has 2 rings (SSSR count). The monoisotopic (exact) mass is 271 g/mol. The van der Waals surface area contributed by atoms with Crippen molar-refractivity contribution in [1.29, 1.82) is 0 Å². The van der Waals surface area contributed by atoms with Gasteiger partial charge in [-0.15, -0.1) is 0 Å². The van der Waals surface area contributed by atoms with Gasteiger partial charge in [0.15, 0.2) is 0 Å². The molecule has 0 spiro atoms. The van der Waals surface area contributed by atoms with Gasteiger partial charge in [0, 0.05) is 5.56 Å². The van der Waals surface area contributed by atoms with Gasteiger partial charge in [-0.1, -0.05) is 45.0 Å². The van der Waals surface area contributed by atoms with E-state index in [4.69, 9.17) is 10.2 Å². The third-order valence-corrected chi connectivity index (χ3v) is 4.06. The van der Waals surface area contributed by atoms with Crippen molar-refractivity contribution in [3.63, 3.8) is 0 Å². The fourth-order valence-electron chi connectivity index (χ4n) is 2.62. The van der Waals surface area contributed by atoms with Gasteiger partial charge in [-0.2, -0.15) is 0 Å². The first-order chi connectivity index (χ1) is 9.21. The summed E-state index contributed by atoms with van der Waals surface area (Å²) in [5, 5.41) is 0. The molecule has 108 valence electrons. The lowest BCUT2D eigenvalue weighted by molar-refractivity contribution is 0.498. The summed E-state index contributed by atoms with van der Waals surface area (Å²) < 4.78 is 5.69. The summed E-state index contributed by atoms with van der Waals surface area (Å²) in [6.45, 7) is 12.7. The minimum atomic E-state index is -0.124. The van der Waals surface area contributed by atoms with Gasteiger partial charge in [0.1, 0.15) is 11.5 Å². The second-order valence-electron chi connectivity index (χ2n) is 6.60. The molecule has 2 aromatic rings. The third-order valence-electron chi connectivity index (χ3n) is 4.06. The Morgan fingerprint density at radius 2 is 1.50 bits per heavy atom. The molecule has 2 heteroatoms. The number of rotatable bonds is 2. The molecule has 1 aromatic heterocycles. The Bertz CT molecular complexity index is 600. The van der Waals surface area contributed by atoms with Crippen molar-refractivity contribution in [2.75, 3.05) is 0 Å². The predicted octanol–water partition coefficient (Wildman–Crippen LogP) is 4.55. The molecule has 1 unspecified atom stereocenters. The first kappa shape index (κ1) is 14.9. The smallest absolute Gasteiger partial charge is 0.106 e. The molecule has 0 saturated carbocycles. The van der Waals surface area contributed by atoms with E-state index in [1.807, 2.05) is 13.8 Å². The first-order valence-electron chi connectivity index (χ1n) is 7.14. The molecule has 0 bridgehead atoms. The molecule has 1 aromatic carbocycles. The highest BCUT2D eigenvalue weighted by Crippen LogP contribution is 2.31. The zero-order chi connectivity index (χ0) is 15.1. The molecule has 1 atom stereocenters. The Hall–Kier alpha value is -1.54. The van der Waals surface area contributed by atoms with Crippen molar-refractivity contribution in [3.05, 3.63) is 58.0 Å². The summed E-state index contributed by atoms with van der Waals surface area (Å²) in [6.07, 6.45) is 0. The van der Waals surface area contributed by atoms with E-state index in [9.17, 15) is 0 Å². The Balaban J connectivity index is 2.37. The van der Waals surface area contributed by atoms with E-state index in [1.54, 1.807) is 0 Å². The summed E-state index contributed by atoms with van der Waals surface area (Å²) in [6, 6.07) is 8.49. The van der Waals surface area contributed by atoms with E-state index in [1.165, 1.54) is 5.56 Å².